The van der Waals surface area contributed by atoms with Gasteiger partial charge in [-0.05, 0) is 30.4 Å². The summed E-state index contributed by atoms with van der Waals surface area (Å²) in [4.78, 5) is 2.25. The number of hydrogen-bond acceptors (Lipinski definition) is 4. The van der Waals surface area contributed by atoms with Crippen LogP contribution in [0.2, 0.25) is 0 Å². The van der Waals surface area contributed by atoms with Gasteiger partial charge >= 0.3 is 0 Å². The molecule has 128 valence electrons. The minimum atomic E-state index is -3.22. The topological polar surface area (TPSA) is 60.9 Å². The summed E-state index contributed by atoms with van der Waals surface area (Å²) in [5.74, 6) is 0.167. The van der Waals surface area contributed by atoms with Gasteiger partial charge in [0.15, 0.2) is 0 Å². The molecule has 1 N–H and O–H groups in total. The maximum Gasteiger partial charge on any atom is 0.214 e. The van der Waals surface area contributed by atoms with Crippen LogP contribution < -0.4 is 0 Å². The van der Waals surface area contributed by atoms with Gasteiger partial charge in [-0.25, -0.2) is 8.42 Å². The van der Waals surface area contributed by atoms with Gasteiger partial charge in [0.1, 0.15) is 0 Å². The van der Waals surface area contributed by atoms with Gasteiger partial charge in [0.2, 0.25) is 10.0 Å². The van der Waals surface area contributed by atoms with Crippen molar-refractivity contribution in [3.8, 4) is 0 Å². The van der Waals surface area contributed by atoms with E-state index in [0.29, 0.717) is 25.9 Å². The molecule has 1 saturated heterocycles. The molecule has 23 heavy (non-hydrogen) atoms. The van der Waals surface area contributed by atoms with Crippen molar-refractivity contribution in [2.24, 2.45) is 0 Å². The quantitative estimate of drug-likeness (QED) is 0.877. The predicted octanol–water partition coefficient (Wildman–Crippen LogP) is 1.22. The van der Waals surface area contributed by atoms with Crippen LogP contribution in [0.15, 0.2) is 24.3 Å². The minimum Gasteiger partial charge on any atom is -0.387 e. The largest absolute Gasteiger partial charge is 0.387 e. The molecule has 0 bridgehead atoms. The molecule has 1 aromatic carbocycles. The third-order valence-electron chi connectivity index (χ3n) is 4.88. The second-order valence-electron chi connectivity index (χ2n) is 6.85. The maximum absolute atomic E-state index is 12.2. The average Bonchev–Trinajstić information content (AvgIpc) is 2.90. The Kier molecular flexibility index (Phi) is 4.78. The Bertz CT molecular complexity index is 662. The molecule has 1 unspecified atom stereocenters. The third kappa shape index (κ3) is 3.76. The van der Waals surface area contributed by atoms with E-state index in [0.717, 1.165) is 19.5 Å². The van der Waals surface area contributed by atoms with Crippen LogP contribution in [0.25, 0.3) is 0 Å². The Hall–Kier alpha value is -0.950. The first kappa shape index (κ1) is 16.9. The molecule has 0 aromatic heterocycles. The molecular formula is C17H26N2O3S. The lowest BCUT2D eigenvalue weighted by Gasteiger charge is -2.34. The predicted molar refractivity (Wildman–Crippen MR) is 90.6 cm³/mol. The summed E-state index contributed by atoms with van der Waals surface area (Å²) in [7, 11) is -3.22. The molecule has 0 saturated carbocycles. The Balaban J connectivity index is 1.63. The standard InChI is InChI=1S/C17H26N2O3S/c1-2-11-23(21,22)19-10-8-17(20,14-19)13-18-9-7-15-5-3-4-6-16(15)12-18/h3-6,20H,2,7-14H2,1H3. The van der Waals surface area contributed by atoms with E-state index in [2.05, 4.69) is 23.1 Å². The van der Waals surface area contributed by atoms with Crippen molar-refractivity contribution in [1.82, 2.24) is 9.21 Å². The summed E-state index contributed by atoms with van der Waals surface area (Å²) in [6, 6.07) is 8.41. The van der Waals surface area contributed by atoms with E-state index < -0.39 is 15.6 Å². The van der Waals surface area contributed by atoms with Crippen LogP contribution in [0.4, 0.5) is 0 Å². The zero-order valence-electron chi connectivity index (χ0n) is 13.7. The van der Waals surface area contributed by atoms with E-state index in [1.807, 2.05) is 13.0 Å². The van der Waals surface area contributed by atoms with Crippen molar-refractivity contribution in [1.29, 1.82) is 0 Å². The highest BCUT2D eigenvalue weighted by Gasteiger charge is 2.42. The monoisotopic (exact) mass is 338 g/mol. The van der Waals surface area contributed by atoms with Crippen molar-refractivity contribution in [2.75, 3.05) is 31.9 Å². The van der Waals surface area contributed by atoms with E-state index in [9.17, 15) is 13.5 Å². The van der Waals surface area contributed by atoms with E-state index in [1.54, 1.807) is 0 Å². The third-order valence-corrected chi connectivity index (χ3v) is 6.90. The van der Waals surface area contributed by atoms with Crippen LogP contribution in [0, 0.1) is 0 Å². The van der Waals surface area contributed by atoms with Crippen molar-refractivity contribution >= 4 is 10.0 Å². The van der Waals surface area contributed by atoms with Crippen LogP contribution in [0.3, 0.4) is 0 Å². The Morgan fingerprint density at radius 2 is 1.96 bits per heavy atom. The number of fused-ring (bicyclic) bond motifs is 1. The fourth-order valence-corrected chi connectivity index (χ4v) is 5.26. The summed E-state index contributed by atoms with van der Waals surface area (Å²) in [6.45, 7) is 4.82. The van der Waals surface area contributed by atoms with Crippen molar-refractivity contribution in [3.05, 3.63) is 35.4 Å². The van der Waals surface area contributed by atoms with Crippen molar-refractivity contribution in [3.63, 3.8) is 0 Å². The molecule has 0 radical (unpaired) electrons. The molecule has 2 aliphatic heterocycles. The Labute approximate surface area is 139 Å². The lowest BCUT2D eigenvalue weighted by Crippen LogP contribution is -2.47. The van der Waals surface area contributed by atoms with Crippen molar-refractivity contribution < 1.29 is 13.5 Å². The van der Waals surface area contributed by atoms with Gasteiger partial charge in [0.05, 0.1) is 11.4 Å². The number of rotatable bonds is 5. The first-order valence-electron chi connectivity index (χ1n) is 8.41. The van der Waals surface area contributed by atoms with E-state index in [1.165, 1.54) is 15.4 Å². The van der Waals surface area contributed by atoms with Gasteiger partial charge in [-0.1, -0.05) is 31.2 Å². The second-order valence-corrected chi connectivity index (χ2v) is 8.94. The first-order valence-corrected chi connectivity index (χ1v) is 10.0. The molecule has 0 spiro atoms. The van der Waals surface area contributed by atoms with Gasteiger partial charge in [0.25, 0.3) is 0 Å². The van der Waals surface area contributed by atoms with E-state index in [-0.39, 0.29) is 12.3 Å². The van der Waals surface area contributed by atoms with E-state index >= 15 is 0 Å². The summed E-state index contributed by atoms with van der Waals surface area (Å²) >= 11 is 0. The Morgan fingerprint density at radius 3 is 2.70 bits per heavy atom. The molecule has 1 aromatic rings. The van der Waals surface area contributed by atoms with Gasteiger partial charge in [-0.2, -0.15) is 4.31 Å². The highest BCUT2D eigenvalue weighted by atomic mass is 32.2. The number of sulfonamides is 1. The molecule has 5 nitrogen and oxygen atoms in total. The molecule has 6 heteroatoms. The van der Waals surface area contributed by atoms with Crippen LogP contribution >= 0.6 is 0 Å². The minimum absolute atomic E-state index is 0.167. The second kappa shape index (κ2) is 6.51. The summed E-state index contributed by atoms with van der Waals surface area (Å²) < 4.78 is 25.8. The number of aliphatic hydroxyl groups is 1. The smallest absolute Gasteiger partial charge is 0.214 e. The lowest BCUT2D eigenvalue weighted by atomic mass is 9.97. The average molecular weight is 338 g/mol. The molecule has 2 heterocycles. The summed E-state index contributed by atoms with van der Waals surface area (Å²) in [5.41, 5.74) is 1.78. The van der Waals surface area contributed by atoms with Gasteiger partial charge in [-0.15, -0.1) is 0 Å². The molecule has 2 aliphatic rings. The number of nitrogens with zero attached hydrogens (tertiary/aromatic N) is 2. The van der Waals surface area contributed by atoms with E-state index in [4.69, 9.17) is 0 Å². The Morgan fingerprint density at radius 1 is 1.22 bits per heavy atom. The molecule has 0 amide bonds. The van der Waals surface area contributed by atoms with Crippen LogP contribution in [-0.4, -0.2) is 60.3 Å². The molecule has 1 fully saturated rings. The first-order chi connectivity index (χ1) is 10.9. The lowest BCUT2D eigenvalue weighted by molar-refractivity contribution is 0.0127. The number of hydrogen-bond donors (Lipinski definition) is 1. The molecular weight excluding hydrogens is 312 g/mol. The zero-order chi connectivity index (χ0) is 16.5. The highest BCUT2D eigenvalue weighted by Crippen LogP contribution is 2.27. The van der Waals surface area contributed by atoms with Crippen LogP contribution in [-0.2, 0) is 23.0 Å². The summed E-state index contributed by atoms with van der Waals surface area (Å²) in [6.07, 6.45) is 2.12. The molecule has 3 rings (SSSR count). The van der Waals surface area contributed by atoms with Gasteiger partial charge in [-0.3, -0.25) is 4.90 Å². The maximum atomic E-state index is 12.2. The van der Waals surface area contributed by atoms with Crippen LogP contribution in [0.1, 0.15) is 30.9 Å². The SMILES string of the molecule is CCCS(=O)(=O)N1CCC(O)(CN2CCc3ccccc3C2)C1. The number of β-amino-alcohol motifs (C(OH)–C–C–N with tert-alkyl or cyclic N) is 1. The van der Waals surface area contributed by atoms with Gasteiger partial charge < -0.3 is 5.11 Å². The highest BCUT2D eigenvalue weighted by molar-refractivity contribution is 7.89. The fraction of sp³-hybridized carbons (Fsp3) is 0.647. The number of benzene rings is 1. The molecule has 0 aliphatic carbocycles. The normalized spacial score (nSPS) is 26.3. The fourth-order valence-electron chi connectivity index (χ4n) is 3.68. The van der Waals surface area contributed by atoms with Crippen LogP contribution in [0.5, 0.6) is 0 Å². The zero-order valence-corrected chi connectivity index (χ0v) is 14.6. The van der Waals surface area contributed by atoms with Gasteiger partial charge in [0, 0.05) is 32.7 Å². The van der Waals surface area contributed by atoms with Crippen molar-refractivity contribution in [2.45, 2.75) is 38.3 Å². The molecule has 1 atom stereocenters. The summed E-state index contributed by atoms with van der Waals surface area (Å²) in [5, 5.41) is 10.8.